The molecule has 7 nitrogen and oxygen atoms in total. The molecule has 27 heavy (non-hydrogen) atoms. The molecular weight excluding hydrogens is 410 g/mol. The molecule has 8 heteroatoms. The first kappa shape index (κ1) is 17.8. The SMILES string of the molecule is COc1ncc(Br)cc1CN1CCc2c(nc(-c3ccccn3)[nH]c2=O)C1. The molecule has 1 aliphatic heterocycles. The van der Waals surface area contributed by atoms with E-state index in [1.54, 1.807) is 19.5 Å². The maximum atomic E-state index is 12.5. The van der Waals surface area contributed by atoms with Gasteiger partial charge in [0.1, 0.15) is 5.69 Å². The Labute approximate surface area is 164 Å². The third-order valence-corrected chi connectivity index (χ3v) is 4.97. The molecule has 0 fully saturated rings. The summed E-state index contributed by atoms with van der Waals surface area (Å²) in [5.41, 5.74) is 3.12. The molecule has 0 unspecified atom stereocenters. The summed E-state index contributed by atoms with van der Waals surface area (Å²) in [5.74, 6) is 1.11. The van der Waals surface area contributed by atoms with Crippen LogP contribution in [0, 0.1) is 0 Å². The van der Waals surface area contributed by atoms with Crippen molar-refractivity contribution in [2.75, 3.05) is 13.7 Å². The van der Waals surface area contributed by atoms with Crippen molar-refractivity contribution in [2.24, 2.45) is 0 Å². The Morgan fingerprint density at radius 1 is 1.33 bits per heavy atom. The number of fused-ring (bicyclic) bond motifs is 1. The highest BCUT2D eigenvalue weighted by Gasteiger charge is 2.22. The standard InChI is InChI=1S/C19H18BrN5O2/c1-27-19-12(8-13(20)9-22-19)10-25-7-5-14-16(11-25)23-17(24-18(14)26)15-4-2-3-6-21-15/h2-4,6,8-9H,5,7,10-11H2,1H3,(H,23,24,26). The lowest BCUT2D eigenvalue weighted by Crippen LogP contribution is -2.35. The minimum absolute atomic E-state index is 0.0815. The van der Waals surface area contributed by atoms with Crippen LogP contribution in [0.15, 0.2) is 45.9 Å². The third kappa shape index (κ3) is 3.77. The molecule has 4 heterocycles. The minimum atomic E-state index is -0.0815. The highest BCUT2D eigenvalue weighted by molar-refractivity contribution is 9.10. The second-order valence-corrected chi connectivity index (χ2v) is 7.25. The first-order valence-corrected chi connectivity index (χ1v) is 9.37. The second-order valence-electron chi connectivity index (χ2n) is 6.34. The lowest BCUT2D eigenvalue weighted by molar-refractivity contribution is 0.236. The smallest absolute Gasteiger partial charge is 0.254 e. The third-order valence-electron chi connectivity index (χ3n) is 4.54. The molecule has 3 aromatic rings. The molecule has 0 amide bonds. The van der Waals surface area contributed by atoms with E-state index in [4.69, 9.17) is 4.74 Å². The fourth-order valence-electron chi connectivity index (χ4n) is 3.26. The number of H-pyrrole nitrogens is 1. The van der Waals surface area contributed by atoms with Crippen molar-refractivity contribution in [3.63, 3.8) is 0 Å². The number of methoxy groups -OCH3 is 1. The zero-order chi connectivity index (χ0) is 18.8. The monoisotopic (exact) mass is 427 g/mol. The van der Waals surface area contributed by atoms with Crippen molar-refractivity contribution in [1.82, 2.24) is 24.8 Å². The number of aromatic amines is 1. The molecule has 0 bridgehead atoms. The summed E-state index contributed by atoms with van der Waals surface area (Å²) in [6.07, 6.45) is 4.06. The van der Waals surface area contributed by atoms with E-state index in [0.29, 0.717) is 36.9 Å². The predicted molar refractivity (Wildman–Crippen MR) is 104 cm³/mol. The Bertz CT molecular complexity index is 1020. The van der Waals surface area contributed by atoms with Crippen molar-refractivity contribution in [1.29, 1.82) is 0 Å². The molecule has 3 aromatic heterocycles. The van der Waals surface area contributed by atoms with Gasteiger partial charge in [0, 0.05) is 47.6 Å². The number of nitrogens with zero attached hydrogens (tertiary/aromatic N) is 4. The van der Waals surface area contributed by atoms with E-state index in [1.165, 1.54) is 0 Å². The molecule has 0 saturated heterocycles. The quantitative estimate of drug-likeness (QED) is 0.688. The Morgan fingerprint density at radius 2 is 2.22 bits per heavy atom. The lowest BCUT2D eigenvalue weighted by atomic mass is 10.1. The summed E-state index contributed by atoms with van der Waals surface area (Å²) in [4.78, 5) is 30.8. The predicted octanol–water partition coefficient (Wildman–Crippen LogP) is 2.56. The van der Waals surface area contributed by atoms with Gasteiger partial charge in [0.25, 0.3) is 5.56 Å². The van der Waals surface area contributed by atoms with Crippen molar-refractivity contribution < 1.29 is 4.74 Å². The van der Waals surface area contributed by atoms with Crippen molar-refractivity contribution in [2.45, 2.75) is 19.5 Å². The van der Waals surface area contributed by atoms with Gasteiger partial charge in [0.2, 0.25) is 5.88 Å². The Kier molecular flexibility index (Phi) is 5.00. The first-order chi connectivity index (χ1) is 13.1. The first-order valence-electron chi connectivity index (χ1n) is 8.58. The van der Waals surface area contributed by atoms with Gasteiger partial charge in [-0.15, -0.1) is 0 Å². The van der Waals surface area contributed by atoms with Crippen LogP contribution in [0.3, 0.4) is 0 Å². The van der Waals surface area contributed by atoms with Crippen LogP contribution in [-0.4, -0.2) is 38.5 Å². The molecule has 138 valence electrons. The van der Waals surface area contributed by atoms with Gasteiger partial charge in [-0.1, -0.05) is 6.07 Å². The van der Waals surface area contributed by atoms with Crippen LogP contribution in [0.25, 0.3) is 11.5 Å². The molecule has 1 aliphatic rings. The maximum absolute atomic E-state index is 12.5. The Balaban J connectivity index is 1.62. The van der Waals surface area contributed by atoms with E-state index in [2.05, 4.69) is 40.8 Å². The second kappa shape index (κ2) is 7.58. The summed E-state index contributed by atoms with van der Waals surface area (Å²) in [6, 6.07) is 7.55. The number of rotatable bonds is 4. The molecule has 0 radical (unpaired) electrons. The van der Waals surface area contributed by atoms with Gasteiger partial charge in [-0.2, -0.15) is 0 Å². The largest absolute Gasteiger partial charge is 0.481 e. The van der Waals surface area contributed by atoms with Crippen LogP contribution in [0.1, 0.15) is 16.8 Å². The number of pyridine rings is 2. The van der Waals surface area contributed by atoms with E-state index in [-0.39, 0.29) is 5.56 Å². The normalized spacial score (nSPS) is 14.0. The molecule has 0 saturated carbocycles. The summed E-state index contributed by atoms with van der Waals surface area (Å²) < 4.78 is 6.28. The van der Waals surface area contributed by atoms with Crippen molar-refractivity contribution >= 4 is 15.9 Å². The maximum Gasteiger partial charge on any atom is 0.254 e. The van der Waals surface area contributed by atoms with Crippen LogP contribution in [0.4, 0.5) is 0 Å². The number of halogens is 1. The summed E-state index contributed by atoms with van der Waals surface area (Å²) in [5, 5.41) is 0. The number of hydrogen-bond donors (Lipinski definition) is 1. The zero-order valence-corrected chi connectivity index (χ0v) is 16.4. The molecule has 0 atom stereocenters. The summed E-state index contributed by atoms with van der Waals surface area (Å²) >= 11 is 3.46. The van der Waals surface area contributed by atoms with Gasteiger partial charge in [-0.25, -0.2) is 9.97 Å². The lowest BCUT2D eigenvalue weighted by Gasteiger charge is -2.28. The number of aromatic nitrogens is 4. The summed E-state index contributed by atoms with van der Waals surface area (Å²) in [6.45, 7) is 2.04. The van der Waals surface area contributed by atoms with Crippen LogP contribution >= 0.6 is 15.9 Å². The molecule has 0 aromatic carbocycles. The van der Waals surface area contributed by atoms with Gasteiger partial charge in [-0.05, 0) is 40.5 Å². The fourth-order valence-corrected chi connectivity index (χ4v) is 3.64. The Hall–Kier alpha value is -2.58. The minimum Gasteiger partial charge on any atom is -0.481 e. The zero-order valence-electron chi connectivity index (χ0n) is 14.8. The highest BCUT2D eigenvalue weighted by atomic mass is 79.9. The average molecular weight is 428 g/mol. The van der Waals surface area contributed by atoms with E-state index in [1.807, 2.05) is 24.3 Å². The van der Waals surface area contributed by atoms with Crippen LogP contribution < -0.4 is 10.3 Å². The van der Waals surface area contributed by atoms with Gasteiger partial charge in [0.15, 0.2) is 5.82 Å². The molecule has 1 N–H and O–H groups in total. The summed E-state index contributed by atoms with van der Waals surface area (Å²) in [7, 11) is 1.62. The van der Waals surface area contributed by atoms with Gasteiger partial charge in [-0.3, -0.25) is 14.7 Å². The van der Waals surface area contributed by atoms with E-state index in [9.17, 15) is 4.79 Å². The van der Waals surface area contributed by atoms with Crippen LogP contribution in [0.5, 0.6) is 5.88 Å². The van der Waals surface area contributed by atoms with Crippen LogP contribution in [0.2, 0.25) is 0 Å². The highest BCUT2D eigenvalue weighted by Crippen LogP contribution is 2.24. The number of ether oxygens (including phenoxy) is 1. The number of hydrogen-bond acceptors (Lipinski definition) is 6. The van der Waals surface area contributed by atoms with Crippen LogP contribution in [-0.2, 0) is 19.5 Å². The van der Waals surface area contributed by atoms with E-state index in [0.717, 1.165) is 27.8 Å². The van der Waals surface area contributed by atoms with E-state index >= 15 is 0 Å². The molecule has 0 aliphatic carbocycles. The average Bonchev–Trinajstić information content (AvgIpc) is 2.68. The fraction of sp³-hybridized carbons (Fsp3) is 0.263. The Morgan fingerprint density at radius 3 is 3.00 bits per heavy atom. The van der Waals surface area contributed by atoms with Gasteiger partial charge < -0.3 is 9.72 Å². The van der Waals surface area contributed by atoms with E-state index < -0.39 is 0 Å². The van der Waals surface area contributed by atoms with Gasteiger partial charge >= 0.3 is 0 Å². The number of nitrogens with one attached hydrogen (secondary N) is 1. The van der Waals surface area contributed by atoms with Crippen molar-refractivity contribution in [3.8, 4) is 17.4 Å². The van der Waals surface area contributed by atoms with Crippen molar-refractivity contribution in [3.05, 3.63) is 68.3 Å². The topological polar surface area (TPSA) is 84.0 Å². The molecule has 4 rings (SSSR count). The van der Waals surface area contributed by atoms with Gasteiger partial charge in [0.05, 0.1) is 12.8 Å². The molecular formula is C19H18BrN5O2. The molecule has 0 spiro atoms.